The van der Waals surface area contributed by atoms with Crippen LogP contribution in [-0.2, 0) is 16.0 Å². The second-order valence-electron chi connectivity index (χ2n) is 7.63. The van der Waals surface area contributed by atoms with Gasteiger partial charge in [-0.2, -0.15) is 0 Å². The smallest absolute Gasteiger partial charge is 0.282 e. The minimum atomic E-state index is -0.426. The summed E-state index contributed by atoms with van der Waals surface area (Å²) in [6, 6.07) is 20.4. The van der Waals surface area contributed by atoms with Gasteiger partial charge in [0.1, 0.15) is 17.3 Å². The minimum absolute atomic E-state index is 0.278. The fraction of sp³-hybridized carbons (Fsp3) is 0.154. The van der Waals surface area contributed by atoms with Gasteiger partial charge in [0.05, 0.1) is 17.9 Å². The molecule has 3 aromatic carbocycles. The van der Waals surface area contributed by atoms with Gasteiger partial charge in [0.15, 0.2) is 0 Å². The third-order valence-electron chi connectivity index (χ3n) is 5.76. The van der Waals surface area contributed by atoms with E-state index in [1.165, 1.54) is 17.0 Å². The summed E-state index contributed by atoms with van der Waals surface area (Å²) in [6.45, 7) is 3.01. The molecule has 0 spiro atoms. The quantitative estimate of drug-likeness (QED) is 0.559. The number of carbonyl (C=O) groups is 2. The van der Waals surface area contributed by atoms with Crippen LogP contribution < -0.4 is 14.5 Å². The molecule has 0 atom stereocenters. The summed E-state index contributed by atoms with van der Waals surface area (Å²) < 4.78 is 19.1. The van der Waals surface area contributed by atoms with Gasteiger partial charge in [-0.15, -0.1) is 0 Å². The minimum Gasteiger partial charge on any atom is -0.494 e. The van der Waals surface area contributed by atoms with Crippen LogP contribution in [0.4, 0.5) is 15.8 Å². The lowest BCUT2D eigenvalue weighted by Gasteiger charge is -2.22. The number of hydrogen-bond donors (Lipinski definition) is 0. The van der Waals surface area contributed by atoms with Crippen molar-refractivity contribution in [3.63, 3.8) is 0 Å². The maximum atomic E-state index is 13.7. The number of imide groups is 1. The maximum Gasteiger partial charge on any atom is 0.282 e. The normalized spacial score (nSPS) is 15.6. The zero-order chi connectivity index (χ0) is 22.2. The number of fused-ring (bicyclic) bond motifs is 1. The molecule has 0 radical (unpaired) electrons. The summed E-state index contributed by atoms with van der Waals surface area (Å²) in [7, 11) is 0. The van der Waals surface area contributed by atoms with Crippen LogP contribution >= 0.6 is 0 Å². The number of rotatable bonds is 5. The van der Waals surface area contributed by atoms with Gasteiger partial charge in [0.25, 0.3) is 11.8 Å². The van der Waals surface area contributed by atoms with E-state index >= 15 is 0 Å². The zero-order valence-electron chi connectivity index (χ0n) is 17.5. The third-order valence-corrected chi connectivity index (χ3v) is 5.76. The lowest BCUT2D eigenvalue weighted by molar-refractivity contribution is -0.120. The number of para-hydroxylation sites is 1. The molecule has 2 amide bonds. The molecule has 32 heavy (non-hydrogen) atoms. The number of nitrogens with zero attached hydrogens (tertiary/aromatic N) is 2. The summed E-state index contributed by atoms with van der Waals surface area (Å²) >= 11 is 0. The summed E-state index contributed by atoms with van der Waals surface area (Å²) in [5.41, 5.74) is 3.61. The Kier molecular flexibility index (Phi) is 4.98. The molecule has 0 aliphatic carbocycles. The Morgan fingerprint density at radius 3 is 2.34 bits per heavy atom. The van der Waals surface area contributed by atoms with Gasteiger partial charge in [0.2, 0.25) is 0 Å². The Morgan fingerprint density at radius 2 is 1.62 bits per heavy atom. The second-order valence-corrected chi connectivity index (χ2v) is 7.63. The molecule has 2 aliphatic heterocycles. The summed E-state index contributed by atoms with van der Waals surface area (Å²) in [5, 5.41) is 0. The molecular formula is C26H21FN2O3. The first-order valence-electron chi connectivity index (χ1n) is 10.6. The van der Waals surface area contributed by atoms with Crippen LogP contribution in [0.25, 0.3) is 5.57 Å². The number of benzene rings is 3. The highest BCUT2D eigenvalue weighted by atomic mass is 19.1. The lowest BCUT2D eigenvalue weighted by Crippen LogP contribution is -2.34. The molecular weight excluding hydrogens is 407 g/mol. The van der Waals surface area contributed by atoms with Crippen LogP contribution in [0.15, 0.2) is 78.5 Å². The monoisotopic (exact) mass is 428 g/mol. The third kappa shape index (κ3) is 3.24. The molecule has 0 bridgehead atoms. The van der Waals surface area contributed by atoms with E-state index in [4.69, 9.17) is 4.74 Å². The van der Waals surface area contributed by atoms with Crippen LogP contribution in [0, 0.1) is 5.82 Å². The highest BCUT2D eigenvalue weighted by Crippen LogP contribution is 2.40. The molecule has 0 unspecified atom stereocenters. The number of ether oxygens (including phenoxy) is 1. The highest BCUT2D eigenvalue weighted by Gasteiger charge is 2.44. The number of amides is 2. The molecule has 2 heterocycles. The molecule has 5 rings (SSSR count). The molecule has 0 saturated heterocycles. The number of anilines is 2. The highest BCUT2D eigenvalue weighted by molar-refractivity contribution is 6.46. The van der Waals surface area contributed by atoms with Crippen molar-refractivity contribution in [1.29, 1.82) is 0 Å². The summed E-state index contributed by atoms with van der Waals surface area (Å²) in [6.07, 6.45) is 0.779. The van der Waals surface area contributed by atoms with E-state index in [0.29, 0.717) is 35.8 Å². The average Bonchev–Trinajstić information content (AvgIpc) is 3.33. The predicted molar refractivity (Wildman–Crippen MR) is 121 cm³/mol. The van der Waals surface area contributed by atoms with Crippen LogP contribution in [0.1, 0.15) is 18.1 Å². The summed E-state index contributed by atoms with van der Waals surface area (Å²) in [4.78, 5) is 30.4. The lowest BCUT2D eigenvalue weighted by atomic mass is 10.0. The Bertz CT molecular complexity index is 1230. The van der Waals surface area contributed by atoms with Gasteiger partial charge in [-0.3, -0.25) is 9.59 Å². The van der Waals surface area contributed by atoms with E-state index in [9.17, 15) is 14.0 Å². The van der Waals surface area contributed by atoms with Crippen molar-refractivity contribution < 1.29 is 18.7 Å². The van der Waals surface area contributed by atoms with Crippen LogP contribution in [-0.4, -0.2) is 25.0 Å². The zero-order valence-corrected chi connectivity index (χ0v) is 17.5. The van der Waals surface area contributed by atoms with Crippen molar-refractivity contribution >= 4 is 28.8 Å². The Labute approximate surface area is 185 Å². The van der Waals surface area contributed by atoms with Crippen LogP contribution in [0.2, 0.25) is 0 Å². The van der Waals surface area contributed by atoms with Crippen LogP contribution in [0.3, 0.4) is 0 Å². The van der Waals surface area contributed by atoms with Crippen molar-refractivity contribution in [1.82, 2.24) is 0 Å². The molecule has 0 saturated carbocycles. The number of carbonyl (C=O) groups excluding carboxylic acids is 2. The standard InChI is InChI=1S/C26H21FN2O3/c1-2-32-21-13-11-20(12-14-21)29-25(30)23(18-7-9-19(27)10-8-18)24(26(29)31)28-16-15-17-5-3-4-6-22(17)28/h3-14H,2,15-16H2,1H3. The molecule has 0 N–H and O–H groups in total. The fourth-order valence-electron chi connectivity index (χ4n) is 4.31. The van der Waals surface area contributed by atoms with E-state index < -0.39 is 17.6 Å². The Balaban J connectivity index is 1.62. The van der Waals surface area contributed by atoms with Gasteiger partial charge >= 0.3 is 0 Å². The van der Waals surface area contributed by atoms with Crippen LogP contribution in [0.5, 0.6) is 5.75 Å². The predicted octanol–water partition coefficient (Wildman–Crippen LogP) is 4.57. The topological polar surface area (TPSA) is 49.9 Å². The van der Waals surface area contributed by atoms with Crippen molar-refractivity contribution in [2.45, 2.75) is 13.3 Å². The number of halogens is 1. The van der Waals surface area contributed by atoms with Gasteiger partial charge in [0, 0.05) is 12.2 Å². The van der Waals surface area contributed by atoms with E-state index in [2.05, 4.69) is 0 Å². The van der Waals surface area contributed by atoms with Gasteiger partial charge in [-0.1, -0.05) is 30.3 Å². The molecule has 6 heteroatoms. The van der Waals surface area contributed by atoms with E-state index in [-0.39, 0.29) is 5.57 Å². The second kappa shape index (κ2) is 7.96. The first-order valence-corrected chi connectivity index (χ1v) is 10.6. The van der Waals surface area contributed by atoms with E-state index in [1.807, 2.05) is 36.1 Å². The largest absolute Gasteiger partial charge is 0.494 e. The first kappa shape index (κ1) is 20.0. The SMILES string of the molecule is CCOc1ccc(N2C(=O)C(c3ccc(F)cc3)=C(N3CCc4ccccc43)C2=O)cc1. The van der Waals surface area contributed by atoms with E-state index in [0.717, 1.165) is 17.7 Å². The first-order chi connectivity index (χ1) is 15.6. The summed E-state index contributed by atoms with van der Waals surface area (Å²) in [5.74, 6) is -0.557. The van der Waals surface area contributed by atoms with Crippen molar-refractivity contribution in [3.05, 3.63) is 95.4 Å². The molecule has 0 aromatic heterocycles. The fourth-order valence-corrected chi connectivity index (χ4v) is 4.31. The van der Waals surface area contributed by atoms with Gasteiger partial charge in [-0.05, 0) is 66.9 Å². The molecule has 0 fully saturated rings. The van der Waals surface area contributed by atoms with Crippen molar-refractivity contribution in [3.8, 4) is 5.75 Å². The van der Waals surface area contributed by atoms with Gasteiger partial charge in [-0.25, -0.2) is 9.29 Å². The molecule has 2 aliphatic rings. The Morgan fingerprint density at radius 1 is 0.906 bits per heavy atom. The van der Waals surface area contributed by atoms with Crippen molar-refractivity contribution in [2.24, 2.45) is 0 Å². The maximum absolute atomic E-state index is 13.7. The van der Waals surface area contributed by atoms with Crippen molar-refractivity contribution in [2.75, 3.05) is 23.0 Å². The molecule has 5 nitrogen and oxygen atoms in total. The van der Waals surface area contributed by atoms with E-state index in [1.54, 1.807) is 36.4 Å². The number of hydrogen-bond acceptors (Lipinski definition) is 4. The Hall–Kier alpha value is -3.93. The molecule has 3 aromatic rings. The van der Waals surface area contributed by atoms with Gasteiger partial charge < -0.3 is 9.64 Å². The average molecular weight is 428 g/mol. The molecule has 160 valence electrons.